The first-order valence-corrected chi connectivity index (χ1v) is 9.99. The van der Waals surface area contributed by atoms with Gasteiger partial charge in [-0.3, -0.25) is 15.0 Å². The minimum absolute atomic E-state index is 0.0953. The molecule has 2 aromatic rings. The van der Waals surface area contributed by atoms with Crippen molar-refractivity contribution < 1.29 is 9.53 Å². The van der Waals surface area contributed by atoms with Crippen molar-refractivity contribution in [1.29, 1.82) is 5.26 Å². The molecule has 1 N–H and O–H groups in total. The number of carbonyl (C=O) groups excluding carboxylic acids is 1. The fourth-order valence-corrected chi connectivity index (χ4v) is 4.23. The van der Waals surface area contributed by atoms with Crippen molar-refractivity contribution in [2.45, 2.75) is 26.8 Å². The Morgan fingerprint density at radius 1 is 1.33 bits per heavy atom. The molecule has 0 radical (unpaired) electrons. The molecule has 2 atom stereocenters. The molecule has 1 saturated heterocycles. The maximum Gasteiger partial charge on any atom is 0.264 e. The standard InChI is InChI=1S/C20H24N4O2S/c1-14-7-15(2)10-24(9-14)11-17-13-27-20(22-17)23-19(25)12-26-18-5-3-16(8-21)4-6-18/h3-6,13-15H,7,9-12H2,1-2H3,(H,22,23,25). The van der Waals surface area contributed by atoms with Crippen LogP contribution in [0.2, 0.25) is 0 Å². The molecule has 0 saturated carbocycles. The number of anilines is 1. The number of hydrogen-bond donors (Lipinski definition) is 1. The minimum Gasteiger partial charge on any atom is -0.484 e. The summed E-state index contributed by atoms with van der Waals surface area (Å²) in [4.78, 5) is 19.0. The molecular weight excluding hydrogens is 360 g/mol. The van der Waals surface area contributed by atoms with Crippen LogP contribution in [0.4, 0.5) is 5.13 Å². The highest BCUT2D eigenvalue weighted by molar-refractivity contribution is 7.13. The average molecular weight is 385 g/mol. The Balaban J connectivity index is 1.46. The topological polar surface area (TPSA) is 78.3 Å². The van der Waals surface area contributed by atoms with Crippen LogP contribution in [0.25, 0.3) is 0 Å². The predicted molar refractivity (Wildman–Crippen MR) is 106 cm³/mol. The van der Waals surface area contributed by atoms with E-state index in [0.717, 1.165) is 25.3 Å². The minimum atomic E-state index is -0.250. The molecule has 7 heteroatoms. The molecule has 1 amide bonds. The number of rotatable bonds is 6. The molecule has 1 aromatic carbocycles. The van der Waals surface area contributed by atoms with Gasteiger partial charge >= 0.3 is 0 Å². The number of amides is 1. The highest BCUT2D eigenvalue weighted by Gasteiger charge is 2.22. The smallest absolute Gasteiger partial charge is 0.264 e. The van der Waals surface area contributed by atoms with Crippen LogP contribution < -0.4 is 10.1 Å². The summed E-state index contributed by atoms with van der Waals surface area (Å²) < 4.78 is 5.44. The van der Waals surface area contributed by atoms with Crippen molar-refractivity contribution in [1.82, 2.24) is 9.88 Å². The maximum absolute atomic E-state index is 12.1. The van der Waals surface area contributed by atoms with Gasteiger partial charge in [0.1, 0.15) is 5.75 Å². The van der Waals surface area contributed by atoms with Gasteiger partial charge < -0.3 is 4.74 Å². The molecule has 2 unspecified atom stereocenters. The molecule has 1 aliphatic rings. The zero-order chi connectivity index (χ0) is 19.2. The molecule has 0 aliphatic carbocycles. The first-order chi connectivity index (χ1) is 13.0. The second-order valence-electron chi connectivity index (χ2n) is 7.26. The van der Waals surface area contributed by atoms with Gasteiger partial charge in [-0.15, -0.1) is 11.3 Å². The molecule has 6 nitrogen and oxygen atoms in total. The Bertz CT molecular complexity index is 802. The van der Waals surface area contributed by atoms with E-state index in [0.29, 0.717) is 28.3 Å². The van der Waals surface area contributed by atoms with E-state index in [2.05, 4.69) is 29.0 Å². The summed E-state index contributed by atoms with van der Waals surface area (Å²) >= 11 is 1.43. The number of thiazole rings is 1. The summed E-state index contributed by atoms with van der Waals surface area (Å²) in [5, 5.41) is 14.2. The Morgan fingerprint density at radius 3 is 2.70 bits per heavy atom. The number of piperidine rings is 1. The summed E-state index contributed by atoms with van der Waals surface area (Å²) in [7, 11) is 0. The lowest BCUT2D eigenvalue weighted by atomic mass is 9.92. The van der Waals surface area contributed by atoms with Gasteiger partial charge in [-0.2, -0.15) is 5.26 Å². The van der Waals surface area contributed by atoms with Crippen molar-refractivity contribution in [2.24, 2.45) is 11.8 Å². The van der Waals surface area contributed by atoms with Crippen LogP contribution in [-0.4, -0.2) is 35.5 Å². The number of nitrogens with zero attached hydrogens (tertiary/aromatic N) is 3. The number of hydrogen-bond acceptors (Lipinski definition) is 6. The fourth-order valence-electron chi connectivity index (χ4n) is 3.52. The second kappa shape index (κ2) is 8.98. The number of carbonyl (C=O) groups is 1. The van der Waals surface area contributed by atoms with E-state index >= 15 is 0 Å². The fraction of sp³-hybridized carbons (Fsp3) is 0.450. The molecule has 142 valence electrons. The lowest BCUT2D eigenvalue weighted by Crippen LogP contribution is -2.38. The van der Waals surface area contributed by atoms with Crippen LogP contribution in [0.15, 0.2) is 29.6 Å². The van der Waals surface area contributed by atoms with Crippen molar-refractivity contribution in [3.8, 4) is 11.8 Å². The largest absolute Gasteiger partial charge is 0.484 e. The van der Waals surface area contributed by atoms with Gasteiger partial charge in [-0.05, 0) is 42.5 Å². The summed E-state index contributed by atoms with van der Waals surface area (Å²) in [6.07, 6.45) is 1.29. The number of likely N-dealkylation sites (tertiary alicyclic amines) is 1. The molecule has 0 spiro atoms. The van der Waals surface area contributed by atoms with Crippen molar-refractivity contribution in [3.63, 3.8) is 0 Å². The number of ether oxygens (including phenoxy) is 1. The Kier molecular flexibility index (Phi) is 6.43. The zero-order valence-electron chi connectivity index (χ0n) is 15.6. The van der Waals surface area contributed by atoms with E-state index in [1.165, 1.54) is 17.8 Å². The summed E-state index contributed by atoms with van der Waals surface area (Å²) in [6.45, 7) is 7.52. The third-order valence-corrected chi connectivity index (χ3v) is 5.29. The lowest BCUT2D eigenvalue weighted by Gasteiger charge is -2.34. The Hall–Kier alpha value is -2.43. The van der Waals surface area contributed by atoms with Gasteiger partial charge in [0.05, 0.1) is 17.3 Å². The molecule has 1 aliphatic heterocycles. The van der Waals surface area contributed by atoms with E-state index in [1.54, 1.807) is 24.3 Å². The van der Waals surface area contributed by atoms with E-state index < -0.39 is 0 Å². The summed E-state index contributed by atoms with van der Waals surface area (Å²) in [5.41, 5.74) is 1.55. The van der Waals surface area contributed by atoms with Crippen LogP contribution in [0, 0.1) is 23.2 Å². The molecule has 2 heterocycles. The van der Waals surface area contributed by atoms with Crippen LogP contribution in [0.1, 0.15) is 31.5 Å². The Labute approximate surface area is 163 Å². The quantitative estimate of drug-likeness (QED) is 0.824. The van der Waals surface area contributed by atoms with Gasteiger partial charge in [0.25, 0.3) is 5.91 Å². The van der Waals surface area contributed by atoms with E-state index in [4.69, 9.17) is 10.00 Å². The molecule has 27 heavy (non-hydrogen) atoms. The van der Waals surface area contributed by atoms with Gasteiger partial charge in [-0.25, -0.2) is 4.98 Å². The summed E-state index contributed by atoms with van der Waals surface area (Å²) in [5.74, 6) is 1.73. The lowest BCUT2D eigenvalue weighted by molar-refractivity contribution is -0.118. The Morgan fingerprint density at radius 2 is 2.04 bits per heavy atom. The third-order valence-electron chi connectivity index (χ3n) is 4.48. The van der Waals surface area contributed by atoms with E-state index in [1.807, 2.05) is 11.4 Å². The highest BCUT2D eigenvalue weighted by Crippen LogP contribution is 2.24. The summed E-state index contributed by atoms with van der Waals surface area (Å²) in [6, 6.07) is 8.70. The maximum atomic E-state index is 12.1. The van der Waals surface area contributed by atoms with E-state index in [-0.39, 0.29) is 12.5 Å². The van der Waals surface area contributed by atoms with Crippen molar-refractivity contribution in [3.05, 3.63) is 40.9 Å². The van der Waals surface area contributed by atoms with Crippen LogP contribution in [-0.2, 0) is 11.3 Å². The van der Waals surface area contributed by atoms with Crippen LogP contribution >= 0.6 is 11.3 Å². The molecule has 1 aromatic heterocycles. The van der Waals surface area contributed by atoms with Gasteiger partial charge in [-0.1, -0.05) is 13.8 Å². The van der Waals surface area contributed by atoms with Crippen molar-refractivity contribution in [2.75, 3.05) is 25.0 Å². The normalized spacial score (nSPS) is 20.0. The monoisotopic (exact) mass is 384 g/mol. The molecular formula is C20H24N4O2S. The van der Waals surface area contributed by atoms with Crippen LogP contribution in [0.3, 0.4) is 0 Å². The van der Waals surface area contributed by atoms with Crippen molar-refractivity contribution >= 4 is 22.4 Å². The second-order valence-corrected chi connectivity index (χ2v) is 8.12. The molecule has 1 fully saturated rings. The molecule has 0 bridgehead atoms. The van der Waals surface area contributed by atoms with Gasteiger partial charge in [0.2, 0.25) is 0 Å². The SMILES string of the molecule is CC1CC(C)CN(Cc2csc(NC(=O)COc3ccc(C#N)cc3)n2)C1. The zero-order valence-corrected chi connectivity index (χ0v) is 16.5. The van der Waals surface area contributed by atoms with Gasteiger partial charge in [0, 0.05) is 25.0 Å². The first-order valence-electron chi connectivity index (χ1n) is 9.11. The highest BCUT2D eigenvalue weighted by atomic mass is 32.1. The van der Waals surface area contributed by atoms with E-state index in [9.17, 15) is 4.79 Å². The van der Waals surface area contributed by atoms with Crippen LogP contribution in [0.5, 0.6) is 5.75 Å². The number of nitriles is 1. The number of nitrogens with one attached hydrogen (secondary N) is 1. The number of benzene rings is 1. The predicted octanol–water partition coefficient (Wildman–Crippen LogP) is 3.51. The average Bonchev–Trinajstić information content (AvgIpc) is 3.06. The molecule has 3 rings (SSSR count). The first kappa shape index (κ1) is 19.3. The number of aromatic nitrogens is 1. The third kappa shape index (κ3) is 5.78. The van der Waals surface area contributed by atoms with Gasteiger partial charge in [0.15, 0.2) is 11.7 Å².